The molecule has 2 rings (SSSR count). The standard InChI is InChI=1S/C10H7F3N4O/c11-4-1-5(12)8(6(13)2-4)10(18)16-9-7(14)3-15-17-9/h1-3H,14H2,(H2,15,16,17,18). The van der Waals surface area contributed by atoms with E-state index in [4.69, 9.17) is 5.73 Å². The summed E-state index contributed by atoms with van der Waals surface area (Å²) in [6.07, 6.45) is 1.22. The minimum atomic E-state index is -1.30. The zero-order chi connectivity index (χ0) is 13.3. The minimum absolute atomic E-state index is 0.00289. The van der Waals surface area contributed by atoms with Crippen molar-refractivity contribution in [3.05, 3.63) is 41.3 Å². The number of nitrogens with two attached hydrogens (primary N) is 1. The Morgan fingerprint density at radius 3 is 2.39 bits per heavy atom. The smallest absolute Gasteiger partial charge is 0.262 e. The molecule has 0 atom stereocenters. The monoisotopic (exact) mass is 256 g/mol. The molecule has 0 aliphatic heterocycles. The maximum Gasteiger partial charge on any atom is 0.262 e. The number of benzene rings is 1. The van der Waals surface area contributed by atoms with Crippen molar-refractivity contribution in [1.82, 2.24) is 10.2 Å². The molecule has 1 aromatic carbocycles. The van der Waals surface area contributed by atoms with Crippen molar-refractivity contribution in [3.63, 3.8) is 0 Å². The van der Waals surface area contributed by atoms with Crippen LogP contribution in [0.5, 0.6) is 0 Å². The number of hydrogen-bond acceptors (Lipinski definition) is 3. The molecule has 0 radical (unpaired) electrons. The first kappa shape index (κ1) is 12.0. The Bertz CT molecular complexity index is 588. The van der Waals surface area contributed by atoms with Crippen LogP contribution >= 0.6 is 0 Å². The highest BCUT2D eigenvalue weighted by atomic mass is 19.1. The molecule has 1 aromatic heterocycles. The van der Waals surface area contributed by atoms with Crippen LogP contribution in [-0.4, -0.2) is 16.1 Å². The van der Waals surface area contributed by atoms with Gasteiger partial charge in [-0.25, -0.2) is 13.2 Å². The average Bonchev–Trinajstić information content (AvgIpc) is 2.62. The molecule has 94 valence electrons. The molecule has 18 heavy (non-hydrogen) atoms. The molecular weight excluding hydrogens is 249 g/mol. The number of anilines is 2. The normalized spacial score (nSPS) is 10.4. The van der Waals surface area contributed by atoms with Gasteiger partial charge in [0.05, 0.1) is 11.9 Å². The van der Waals surface area contributed by atoms with Gasteiger partial charge in [-0.15, -0.1) is 0 Å². The number of halogens is 3. The number of carbonyl (C=O) groups excluding carboxylic acids is 1. The van der Waals surface area contributed by atoms with E-state index in [1.165, 1.54) is 6.20 Å². The molecule has 0 saturated carbocycles. The van der Waals surface area contributed by atoms with Gasteiger partial charge >= 0.3 is 0 Å². The number of nitrogens with zero attached hydrogens (tertiary/aromatic N) is 1. The van der Waals surface area contributed by atoms with Crippen LogP contribution in [0, 0.1) is 17.5 Å². The number of H-pyrrole nitrogens is 1. The fraction of sp³-hybridized carbons (Fsp3) is 0. The first-order valence-electron chi connectivity index (χ1n) is 4.73. The molecule has 1 heterocycles. The van der Waals surface area contributed by atoms with Crippen molar-refractivity contribution in [3.8, 4) is 0 Å². The summed E-state index contributed by atoms with van der Waals surface area (Å²) in [5, 5.41) is 7.97. The van der Waals surface area contributed by atoms with Gasteiger partial charge in [-0.2, -0.15) is 5.10 Å². The van der Waals surface area contributed by atoms with Crippen LogP contribution < -0.4 is 11.1 Å². The summed E-state index contributed by atoms with van der Waals surface area (Å²) in [6.45, 7) is 0. The summed E-state index contributed by atoms with van der Waals surface area (Å²) in [5.41, 5.74) is 4.62. The van der Waals surface area contributed by atoms with Crippen LogP contribution in [0.25, 0.3) is 0 Å². The van der Waals surface area contributed by atoms with Gasteiger partial charge in [0.1, 0.15) is 23.0 Å². The molecule has 0 spiro atoms. The maximum atomic E-state index is 13.3. The lowest BCUT2D eigenvalue weighted by atomic mass is 10.2. The molecular formula is C10H7F3N4O. The van der Waals surface area contributed by atoms with Gasteiger partial charge in [-0.3, -0.25) is 9.89 Å². The van der Waals surface area contributed by atoms with Gasteiger partial charge in [0.15, 0.2) is 5.82 Å². The number of hydrogen-bond donors (Lipinski definition) is 3. The van der Waals surface area contributed by atoms with E-state index in [2.05, 4.69) is 15.5 Å². The first-order valence-corrected chi connectivity index (χ1v) is 4.73. The van der Waals surface area contributed by atoms with E-state index in [1.54, 1.807) is 0 Å². The topological polar surface area (TPSA) is 83.8 Å². The summed E-state index contributed by atoms with van der Waals surface area (Å²) in [5.74, 6) is -4.81. The highest BCUT2D eigenvalue weighted by Crippen LogP contribution is 2.18. The van der Waals surface area contributed by atoms with Crippen LogP contribution in [0.3, 0.4) is 0 Å². The van der Waals surface area contributed by atoms with E-state index in [-0.39, 0.29) is 11.5 Å². The van der Waals surface area contributed by atoms with Crippen LogP contribution in [-0.2, 0) is 0 Å². The number of nitrogens with one attached hydrogen (secondary N) is 2. The molecule has 0 unspecified atom stereocenters. The fourth-order valence-corrected chi connectivity index (χ4v) is 1.33. The highest BCUT2D eigenvalue weighted by Gasteiger charge is 2.20. The van der Waals surface area contributed by atoms with Gasteiger partial charge < -0.3 is 11.1 Å². The Balaban J connectivity index is 2.33. The zero-order valence-electron chi connectivity index (χ0n) is 8.80. The number of aromatic nitrogens is 2. The largest absolute Gasteiger partial charge is 0.394 e. The summed E-state index contributed by atoms with van der Waals surface area (Å²) in [4.78, 5) is 11.6. The van der Waals surface area contributed by atoms with E-state index in [9.17, 15) is 18.0 Å². The second-order valence-electron chi connectivity index (χ2n) is 3.40. The molecule has 0 aliphatic rings. The summed E-state index contributed by atoms with van der Waals surface area (Å²) >= 11 is 0. The molecule has 0 fully saturated rings. The SMILES string of the molecule is Nc1cn[nH]c1NC(=O)c1c(F)cc(F)cc1F. The van der Waals surface area contributed by atoms with Crippen LogP contribution in [0.2, 0.25) is 0 Å². The predicted molar refractivity (Wildman–Crippen MR) is 57.3 cm³/mol. The quantitative estimate of drug-likeness (QED) is 0.764. The third kappa shape index (κ3) is 2.12. The molecule has 2 aromatic rings. The van der Waals surface area contributed by atoms with Crippen molar-refractivity contribution in [2.24, 2.45) is 0 Å². The Morgan fingerprint density at radius 1 is 1.28 bits per heavy atom. The molecule has 5 nitrogen and oxygen atoms in total. The fourth-order valence-electron chi connectivity index (χ4n) is 1.33. The van der Waals surface area contributed by atoms with E-state index in [0.717, 1.165) is 0 Å². The van der Waals surface area contributed by atoms with Crippen LogP contribution in [0.4, 0.5) is 24.7 Å². The number of carbonyl (C=O) groups is 1. The number of amides is 1. The number of aromatic amines is 1. The van der Waals surface area contributed by atoms with Gasteiger partial charge in [-0.1, -0.05) is 0 Å². The van der Waals surface area contributed by atoms with Crippen molar-refractivity contribution >= 4 is 17.4 Å². The highest BCUT2D eigenvalue weighted by molar-refractivity contribution is 6.05. The lowest BCUT2D eigenvalue weighted by molar-refractivity contribution is 0.101. The van der Waals surface area contributed by atoms with Gasteiger partial charge in [0.25, 0.3) is 5.91 Å². The van der Waals surface area contributed by atoms with Gasteiger partial charge in [-0.05, 0) is 0 Å². The third-order valence-corrected chi connectivity index (χ3v) is 2.14. The van der Waals surface area contributed by atoms with Crippen molar-refractivity contribution in [1.29, 1.82) is 0 Å². The van der Waals surface area contributed by atoms with E-state index < -0.39 is 28.9 Å². The average molecular weight is 256 g/mol. The van der Waals surface area contributed by atoms with E-state index >= 15 is 0 Å². The molecule has 0 bridgehead atoms. The third-order valence-electron chi connectivity index (χ3n) is 2.14. The van der Waals surface area contributed by atoms with E-state index in [1.807, 2.05) is 0 Å². The Kier molecular flexibility index (Phi) is 2.92. The summed E-state index contributed by atoms with van der Waals surface area (Å²) in [7, 11) is 0. The Labute approximate surface area is 98.8 Å². The lowest BCUT2D eigenvalue weighted by Gasteiger charge is -2.06. The second-order valence-corrected chi connectivity index (χ2v) is 3.40. The first-order chi connectivity index (χ1) is 8.49. The maximum absolute atomic E-state index is 13.3. The van der Waals surface area contributed by atoms with Crippen molar-refractivity contribution in [2.45, 2.75) is 0 Å². The molecule has 1 amide bonds. The lowest BCUT2D eigenvalue weighted by Crippen LogP contribution is -2.17. The Hall–Kier alpha value is -2.51. The summed E-state index contributed by atoms with van der Waals surface area (Å²) < 4.78 is 39.3. The minimum Gasteiger partial charge on any atom is -0.394 e. The molecule has 4 N–H and O–H groups in total. The van der Waals surface area contributed by atoms with Gasteiger partial charge in [0.2, 0.25) is 0 Å². The van der Waals surface area contributed by atoms with Crippen LogP contribution in [0.1, 0.15) is 10.4 Å². The van der Waals surface area contributed by atoms with Crippen LogP contribution in [0.15, 0.2) is 18.3 Å². The predicted octanol–water partition coefficient (Wildman–Crippen LogP) is 1.66. The Morgan fingerprint density at radius 2 is 1.89 bits per heavy atom. The van der Waals surface area contributed by atoms with Gasteiger partial charge in [0, 0.05) is 12.1 Å². The zero-order valence-corrected chi connectivity index (χ0v) is 8.80. The van der Waals surface area contributed by atoms with Crippen molar-refractivity contribution < 1.29 is 18.0 Å². The number of rotatable bonds is 2. The van der Waals surface area contributed by atoms with E-state index in [0.29, 0.717) is 12.1 Å². The van der Waals surface area contributed by atoms with Crippen molar-refractivity contribution in [2.75, 3.05) is 11.1 Å². The summed E-state index contributed by atoms with van der Waals surface area (Å²) in [6, 6.07) is 0.822. The molecule has 0 aliphatic carbocycles. The number of nitrogen functional groups attached to an aromatic ring is 1. The molecule has 8 heteroatoms. The molecule has 0 saturated heterocycles. The second kappa shape index (κ2) is 4.40.